The number of Topliss-reactive ketones (excluding diaryl/α,β-unsaturated/α-hetero) is 1. The second kappa shape index (κ2) is 9.46. The summed E-state index contributed by atoms with van der Waals surface area (Å²) in [5.41, 5.74) is -0.217. The molecule has 10 heteroatoms. The number of aromatic amines is 1. The molecule has 3 N–H and O–H groups in total. The van der Waals surface area contributed by atoms with Crippen molar-refractivity contribution in [2.75, 3.05) is 23.3 Å². The Morgan fingerprint density at radius 2 is 1.86 bits per heavy atom. The molecular formula is C26H23F2N5O3. The van der Waals surface area contributed by atoms with Gasteiger partial charge in [0.05, 0.1) is 51.4 Å². The minimum Gasteiger partial charge on any atom is -0.393 e. The highest BCUT2D eigenvalue weighted by molar-refractivity contribution is 6.12. The molecule has 36 heavy (non-hydrogen) atoms. The third-order valence-corrected chi connectivity index (χ3v) is 6.29. The third kappa shape index (κ3) is 4.31. The van der Waals surface area contributed by atoms with Crippen molar-refractivity contribution in [2.45, 2.75) is 25.9 Å². The molecule has 1 aliphatic rings. The summed E-state index contributed by atoms with van der Waals surface area (Å²) in [6, 6.07) is 8.41. The topological polar surface area (TPSA) is 111 Å². The molecule has 1 saturated heterocycles. The number of pyridine rings is 3. The average Bonchev–Trinajstić information content (AvgIpc) is 2.85. The smallest absolute Gasteiger partial charge is 0.259 e. The van der Waals surface area contributed by atoms with Crippen molar-refractivity contribution in [3.8, 4) is 11.3 Å². The van der Waals surface area contributed by atoms with E-state index in [1.54, 1.807) is 12.3 Å². The zero-order valence-corrected chi connectivity index (χ0v) is 19.4. The number of rotatable bonds is 5. The minimum absolute atomic E-state index is 0.0633. The van der Waals surface area contributed by atoms with Gasteiger partial charge in [-0.1, -0.05) is 6.07 Å². The number of piperidine rings is 1. The van der Waals surface area contributed by atoms with Gasteiger partial charge in [-0.2, -0.15) is 0 Å². The van der Waals surface area contributed by atoms with Gasteiger partial charge in [0, 0.05) is 19.3 Å². The van der Waals surface area contributed by atoms with E-state index in [1.165, 1.54) is 25.3 Å². The number of nitrogens with zero attached hydrogens (tertiary/aromatic N) is 3. The van der Waals surface area contributed by atoms with Gasteiger partial charge < -0.3 is 20.3 Å². The van der Waals surface area contributed by atoms with Crippen molar-refractivity contribution < 1.29 is 18.7 Å². The number of carbonyl (C=O) groups is 1. The first-order valence-corrected chi connectivity index (χ1v) is 11.5. The lowest BCUT2D eigenvalue weighted by atomic mass is 9.98. The van der Waals surface area contributed by atoms with Crippen molar-refractivity contribution in [3.63, 3.8) is 0 Å². The number of hydrogen-bond donors (Lipinski definition) is 3. The molecule has 1 aromatic carbocycles. The van der Waals surface area contributed by atoms with E-state index in [0.29, 0.717) is 31.7 Å². The molecule has 0 unspecified atom stereocenters. The van der Waals surface area contributed by atoms with Crippen LogP contribution < -0.4 is 15.8 Å². The van der Waals surface area contributed by atoms with Crippen LogP contribution in [0.1, 0.15) is 30.1 Å². The van der Waals surface area contributed by atoms with Gasteiger partial charge in [-0.05, 0) is 50.1 Å². The monoisotopic (exact) mass is 491 g/mol. The normalized spacial score (nSPS) is 14.3. The molecule has 0 aliphatic carbocycles. The number of H-pyrrole nitrogens is 1. The fourth-order valence-corrected chi connectivity index (χ4v) is 4.49. The van der Waals surface area contributed by atoms with Crippen molar-refractivity contribution in [2.24, 2.45) is 0 Å². The number of aliphatic hydroxyl groups excluding tert-OH is 1. The quantitative estimate of drug-likeness (QED) is 0.359. The second-order valence-corrected chi connectivity index (χ2v) is 8.68. The Morgan fingerprint density at radius 3 is 2.50 bits per heavy atom. The Labute approximate surface area is 204 Å². The summed E-state index contributed by atoms with van der Waals surface area (Å²) in [4.78, 5) is 39.1. The molecule has 0 saturated carbocycles. The molecule has 1 aliphatic heterocycles. The fourth-order valence-electron chi connectivity index (χ4n) is 4.49. The van der Waals surface area contributed by atoms with Gasteiger partial charge in [0.25, 0.3) is 5.56 Å². The Kier molecular flexibility index (Phi) is 6.19. The Morgan fingerprint density at radius 1 is 1.14 bits per heavy atom. The van der Waals surface area contributed by atoms with Crippen LogP contribution in [0.3, 0.4) is 0 Å². The molecule has 0 amide bonds. The highest BCUT2D eigenvalue weighted by atomic mass is 19.1. The maximum Gasteiger partial charge on any atom is 0.259 e. The minimum atomic E-state index is -0.880. The molecule has 5 rings (SSSR count). The van der Waals surface area contributed by atoms with E-state index in [4.69, 9.17) is 0 Å². The predicted octanol–water partition coefficient (Wildman–Crippen LogP) is 4.17. The van der Waals surface area contributed by atoms with Crippen LogP contribution in [0.5, 0.6) is 0 Å². The fraction of sp³-hybridized carbons (Fsp3) is 0.231. The number of fused-ring (bicyclic) bond motifs is 1. The Balaban J connectivity index is 1.65. The number of aromatic nitrogens is 3. The van der Waals surface area contributed by atoms with Crippen molar-refractivity contribution in [1.29, 1.82) is 0 Å². The molecule has 0 radical (unpaired) electrons. The molecule has 184 valence electrons. The van der Waals surface area contributed by atoms with Gasteiger partial charge >= 0.3 is 0 Å². The zero-order chi connectivity index (χ0) is 25.4. The van der Waals surface area contributed by atoms with Gasteiger partial charge in [0.15, 0.2) is 5.78 Å². The number of benzene rings is 1. The van der Waals surface area contributed by atoms with E-state index in [-0.39, 0.29) is 34.0 Å². The lowest BCUT2D eigenvalue weighted by molar-refractivity contribution is 0.101. The lowest BCUT2D eigenvalue weighted by Gasteiger charge is -2.31. The SMILES string of the molecule is CC(=O)c1c(-c2c(F)cccc2F)nc2cc[nH]c(=O)c2c1Nc1ccc(N2CCC(O)CC2)cn1. The molecule has 4 heterocycles. The number of hydrogen-bond acceptors (Lipinski definition) is 7. The van der Waals surface area contributed by atoms with Gasteiger partial charge in [0.2, 0.25) is 0 Å². The van der Waals surface area contributed by atoms with Crippen LogP contribution in [-0.2, 0) is 0 Å². The number of halogens is 2. The van der Waals surface area contributed by atoms with E-state index >= 15 is 0 Å². The average molecular weight is 491 g/mol. The molecule has 3 aromatic heterocycles. The van der Waals surface area contributed by atoms with E-state index in [2.05, 4.69) is 25.2 Å². The highest BCUT2D eigenvalue weighted by Gasteiger charge is 2.26. The number of aliphatic hydroxyl groups is 1. The molecular weight excluding hydrogens is 468 g/mol. The van der Waals surface area contributed by atoms with Crippen LogP contribution in [-0.4, -0.2) is 45.0 Å². The first-order valence-electron chi connectivity index (χ1n) is 11.5. The van der Waals surface area contributed by atoms with E-state index in [9.17, 15) is 23.5 Å². The summed E-state index contributed by atoms with van der Waals surface area (Å²) in [5.74, 6) is -1.96. The predicted molar refractivity (Wildman–Crippen MR) is 133 cm³/mol. The van der Waals surface area contributed by atoms with Gasteiger partial charge in [-0.3, -0.25) is 9.59 Å². The number of nitrogens with one attached hydrogen (secondary N) is 2. The Bertz CT molecular complexity index is 1490. The molecule has 1 fully saturated rings. The first kappa shape index (κ1) is 23.6. The second-order valence-electron chi connectivity index (χ2n) is 8.68. The van der Waals surface area contributed by atoms with Gasteiger partial charge in [-0.25, -0.2) is 18.7 Å². The molecule has 4 aromatic rings. The molecule has 0 spiro atoms. The van der Waals surface area contributed by atoms with Crippen molar-refractivity contribution >= 4 is 33.9 Å². The summed E-state index contributed by atoms with van der Waals surface area (Å²) < 4.78 is 29.5. The lowest BCUT2D eigenvalue weighted by Crippen LogP contribution is -2.35. The third-order valence-electron chi connectivity index (χ3n) is 6.29. The highest BCUT2D eigenvalue weighted by Crippen LogP contribution is 2.36. The summed E-state index contributed by atoms with van der Waals surface area (Å²) >= 11 is 0. The zero-order valence-electron chi connectivity index (χ0n) is 19.4. The van der Waals surface area contributed by atoms with E-state index in [0.717, 1.165) is 17.8 Å². The van der Waals surface area contributed by atoms with E-state index < -0.39 is 28.5 Å². The van der Waals surface area contributed by atoms with Crippen LogP contribution >= 0.6 is 0 Å². The van der Waals surface area contributed by atoms with Gasteiger partial charge in [0.1, 0.15) is 17.5 Å². The van der Waals surface area contributed by atoms with Crippen LogP contribution in [0.25, 0.3) is 22.2 Å². The Hall–Kier alpha value is -4.18. The number of anilines is 3. The number of carbonyl (C=O) groups excluding carboxylic acids is 1. The maximum absolute atomic E-state index is 14.8. The first-order chi connectivity index (χ1) is 17.3. The largest absolute Gasteiger partial charge is 0.393 e. The summed E-state index contributed by atoms with van der Waals surface area (Å²) in [6.45, 7) is 2.65. The van der Waals surface area contributed by atoms with Gasteiger partial charge in [-0.15, -0.1) is 0 Å². The number of ketones is 1. The van der Waals surface area contributed by atoms with Crippen LogP contribution in [0.15, 0.2) is 53.6 Å². The van der Waals surface area contributed by atoms with Crippen LogP contribution in [0.2, 0.25) is 0 Å². The van der Waals surface area contributed by atoms with Crippen molar-refractivity contribution in [3.05, 3.63) is 76.3 Å². The molecule has 0 bridgehead atoms. The maximum atomic E-state index is 14.8. The molecule has 8 nitrogen and oxygen atoms in total. The summed E-state index contributed by atoms with van der Waals surface area (Å²) in [7, 11) is 0. The summed E-state index contributed by atoms with van der Waals surface area (Å²) in [5, 5.41) is 12.8. The standard InChI is InChI=1S/C26H23F2N5O3/c1-14(34)21-24(22-17(27)3-2-4-18(22)28)31-19-7-10-29-26(36)23(19)25(21)32-20-6-5-15(13-30-20)33-11-8-16(35)9-12-33/h2-7,10,13,16,35H,8-9,11-12H2,1H3,(H,29,36)(H,30,31,32). The van der Waals surface area contributed by atoms with Crippen LogP contribution in [0.4, 0.5) is 26.0 Å². The molecule has 0 atom stereocenters. The summed E-state index contributed by atoms with van der Waals surface area (Å²) in [6.07, 6.45) is 4.07. The van der Waals surface area contributed by atoms with Crippen LogP contribution in [0, 0.1) is 11.6 Å². The van der Waals surface area contributed by atoms with E-state index in [1.807, 2.05) is 6.07 Å². The van der Waals surface area contributed by atoms with Crippen molar-refractivity contribution in [1.82, 2.24) is 15.0 Å².